The van der Waals surface area contributed by atoms with Gasteiger partial charge in [0, 0.05) is 0 Å². The molecule has 0 atom stereocenters. The summed E-state index contributed by atoms with van der Waals surface area (Å²) in [4.78, 5) is 0. The van der Waals surface area contributed by atoms with Crippen molar-refractivity contribution < 1.29 is 9.47 Å². The fourth-order valence-electron chi connectivity index (χ4n) is 1.56. The van der Waals surface area contributed by atoms with Crippen LogP contribution < -0.4 is 4.74 Å². The van der Waals surface area contributed by atoms with Crippen LogP contribution >= 0.6 is 0 Å². The third-order valence-electron chi connectivity index (χ3n) is 2.57. The fourth-order valence-corrected chi connectivity index (χ4v) is 1.56. The number of benzene rings is 2. The summed E-state index contributed by atoms with van der Waals surface area (Å²) in [6.45, 7) is 0.563. The molecule has 0 aliphatic carbocycles. The van der Waals surface area contributed by atoms with Crippen LogP contribution in [0.15, 0.2) is 60.9 Å². The van der Waals surface area contributed by atoms with Gasteiger partial charge in [0.25, 0.3) is 0 Å². The highest BCUT2D eigenvalue weighted by atomic mass is 16.5. The summed E-state index contributed by atoms with van der Waals surface area (Å²) in [6.07, 6.45) is 3.67. The Morgan fingerprint density at radius 2 is 1.67 bits per heavy atom. The maximum Gasteiger partial charge on any atom is 0.118 e. The highest BCUT2D eigenvalue weighted by molar-refractivity contribution is 5.47. The highest BCUT2D eigenvalue weighted by Gasteiger charge is 1.93. The molecule has 2 heteroatoms. The van der Waals surface area contributed by atoms with Crippen LogP contribution in [0.4, 0.5) is 0 Å². The van der Waals surface area contributed by atoms with Crippen LogP contribution in [-0.4, -0.2) is 7.11 Å². The van der Waals surface area contributed by atoms with E-state index in [0.717, 1.165) is 16.9 Å². The molecule has 0 aromatic heterocycles. The zero-order valence-electron chi connectivity index (χ0n) is 10.4. The van der Waals surface area contributed by atoms with Gasteiger partial charge in [0.15, 0.2) is 0 Å². The Kier molecular flexibility index (Phi) is 4.42. The summed E-state index contributed by atoms with van der Waals surface area (Å²) in [5.41, 5.74) is 2.25. The second-order valence-electron chi connectivity index (χ2n) is 3.87. The predicted octanol–water partition coefficient (Wildman–Crippen LogP) is 3.88. The van der Waals surface area contributed by atoms with E-state index in [0.29, 0.717) is 6.61 Å². The number of hydrogen-bond acceptors (Lipinski definition) is 2. The average Bonchev–Trinajstić information content (AvgIpc) is 2.45. The first-order valence-electron chi connectivity index (χ1n) is 5.84. The Balaban J connectivity index is 1.83. The molecule has 2 nitrogen and oxygen atoms in total. The second kappa shape index (κ2) is 6.50. The molecule has 0 radical (unpaired) electrons. The maximum atomic E-state index is 5.48. The van der Waals surface area contributed by atoms with E-state index in [1.807, 2.05) is 60.7 Å². The topological polar surface area (TPSA) is 18.5 Å². The molecule has 0 N–H and O–H groups in total. The molecule has 0 spiro atoms. The fraction of sp³-hybridized carbons (Fsp3) is 0.125. The van der Waals surface area contributed by atoms with Crippen LogP contribution in [0.1, 0.15) is 11.1 Å². The number of methoxy groups -OCH3 is 1. The average molecular weight is 240 g/mol. The quantitative estimate of drug-likeness (QED) is 0.738. The van der Waals surface area contributed by atoms with Crippen molar-refractivity contribution in [3.8, 4) is 5.75 Å². The highest BCUT2D eigenvalue weighted by Crippen LogP contribution is 2.12. The van der Waals surface area contributed by atoms with Crippen LogP contribution in [0, 0.1) is 0 Å². The van der Waals surface area contributed by atoms with E-state index in [4.69, 9.17) is 9.47 Å². The lowest BCUT2D eigenvalue weighted by molar-refractivity contribution is 0.239. The Bertz CT molecular complexity index is 486. The molecule has 0 heterocycles. The molecule has 0 aliphatic rings. The molecule has 2 rings (SSSR count). The van der Waals surface area contributed by atoms with Gasteiger partial charge in [0.05, 0.1) is 13.4 Å². The van der Waals surface area contributed by atoms with Crippen LogP contribution in [0.5, 0.6) is 5.75 Å². The van der Waals surface area contributed by atoms with Gasteiger partial charge in [-0.2, -0.15) is 0 Å². The molecule has 0 fully saturated rings. The SMILES string of the molecule is COc1ccc(CO/C=C\c2ccccc2)cc1. The summed E-state index contributed by atoms with van der Waals surface area (Å²) in [5.74, 6) is 0.860. The molecular weight excluding hydrogens is 224 g/mol. The van der Waals surface area contributed by atoms with E-state index in [2.05, 4.69) is 0 Å². The number of hydrogen-bond donors (Lipinski definition) is 0. The Labute approximate surface area is 107 Å². The lowest BCUT2D eigenvalue weighted by Gasteiger charge is -2.03. The van der Waals surface area contributed by atoms with Crippen LogP contribution in [0.3, 0.4) is 0 Å². The lowest BCUT2D eigenvalue weighted by Crippen LogP contribution is -1.87. The van der Waals surface area contributed by atoms with E-state index >= 15 is 0 Å². The molecule has 0 saturated carbocycles. The van der Waals surface area contributed by atoms with Gasteiger partial charge in [-0.1, -0.05) is 42.5 Å². The Morgan fingerprint density at radius 3 is 2.33 bits per heavy atom. The monoisotopic (exact) mass is 240 g/mol. The summed E-state index contributed by atoms with van der Waals surface area (Å²) in [6, 6.07) is 17.9. The van der Waals surface area contributed by atoms with Crippen molar-refractivity contribution in [1.82, 2.24) is 0 Å². The first-order valence-corrected chi connectivity index (χ1v) is 5.84. The summed E-state index contributed by atoms with van der Waals surface area (Å²) in [5, 5.41) is 0. The van der Waals surface area contributed by atoms with Crippen molar-refractivity contribution in [2.24, 2.45) is 0 Å². The van der Waals surface area contributed by atoms with Gasteiger partial charge in [0.1, 0.15) is 12.4 Å². The van der Waals surface area contributed by atoms with E-state index < -0.39 is 0 Å². The zero-order valence-corrected chi connectivity index (χ0v) is 10.4. The molecular formula is C16H16O2. The predicted molar refractivity (Wildman–Crippen MR) is 73.3 cm³/mol. The van der Waals surface area contributed by atoms with E-state index in [9.17, 15) is 0 Å². The minimum atomic E-state index is 0.563. The first kappa shape index (κ1) is 12.2. The molecule has 0 saturated heterocycles. The van der Waals surface area contributed by atoms with E-state index in [1.54, 1.807) is 13.4 Å². The minimum absolute atomic E-state index is 0.563. The van der Waals surface area contributed by atoms with Crippen molar-refractivity contribution in [2.45, 2.75) is 6.61 Å². The van der Waals surface area contributed by atoms with Crippen LogP contribution in [0.2, 0.25) is 0 Å². The van der Waals surface area contributed by atoms with Gasteiger partial charge in [-0.05, 0) is 29.3 Å². The molecule has 92 valence electrons. The van der Waals surface area contributed by atoms with Gasteiger partial charge < -0.3 is 9.47 Å². The van der Waals surface area contributed by atoms with Crippen LogP contribution in [-0.2, 0) is 11.3 Å². The third kappa shape index (κ3) is 3.67. The Hall–Kier alpha value is -2.22. The van der Waals surface area contributed by atoms with Crippen molar-refractivity contribution in [3.05, 3.63) is 72.0 Å². The summed E-state index contributed by atoms with van der Waals surface area (Å²) in [7, 11) is 1.66. The first-order chi connectivity index (χ1) is 8.88. The third-order valence-corrected chi connectivity index (χ3v) is 2.57. The standard InChI is InChI=1S/C16H16O2/c1-17-16-9-7-15(8-10-16)13-18-12-11-14-5-3-2-4-6-14/h2-12H,13H2,1H3/b12-11-. The molecule has 2 aromatic rings. The van der Waals surface area contributed by atoms with Gasteiger partial charge in [-0.3, -0.25) is 0 Å². The van der Waals surface area contributed by atoms with Crippen molar-refractivity contribution in [1.29, 1.82) is 0 Å². The van der Waals surface area contributed by atoms with E-state index in [1.165, 1.54) is 0 Å². The summed E-state index contributed by atoms with van der Waals surface area (Å²) < 4.78 is 10.6. The largest absolute Gasteiger partial charge is 0.497 e. The molecule has 0 aliphatic heterocycles. The molecule has 2 aromatic carbocycles. The summed E-state index contributed by atoms with van der Waals surface area (Å²) >= 11 is 0. The van der Waals surface area contributed by atoms with Gasteiger partial charge in [-0.25, -0.2) is 0 Å². The van der Waals surface area contributed by atoms with Gasteiger partial charge in [0.2, 0.25) is 0 Å². The minimum Gasteiger partial charge on any atom is -0.497 e. The molecule has 0 amide bonds. The normalized spacial score (nSPS) is 10.5. The van der Waals surface area contributed by atoms with Crippen molar-refractivity contribution in [2.75, 3.05) is 7.11 Å². The maximum absolute atomic E-state index is 5.48. The Morgan fingerprint density at radius 1 is 0.944 bits per heavy atom. The smallest absolute Gasteiger partial charge is 0.118 e. The second-order valence-corrected chi connectivity index (χ2v) is 3.87. The molecule has 0 unspecified atom stereocenters. The van der Waals surface area contributed by atoms with Crippen LogP contribution in [0.25, 0.3) is 6.08 Å². The van der Waals surface area contributed by atoms with Crippen molar-refractivity contribution in [3.63, 3.8) is 0 Å². The number of rotatable bonds is 5. The van der Waals surface area contributed by atoms with Gasteiger partial charge in [-0.15, -0.1) is 0 Å². The van der Waals surface area contributed by atoms with Gasteiger partial charge >= 0.3 is 0 Å². The van der Waals surface area contributed by atoms with Crippen molar-refractivity contribution >= 4 is 6.08 Å². The number of ether oxygens (including phenoxy) is 2. The van der Waals surface area contributed by atoms with E-state index in [-0.39, 0.29) is 0 Å². The zero-order chi connectivity index (χ0) is 12.6. The molecule has 0 bridgehead atoms. The lowest BCUT2D eigenvalue weighted by atomic mass is 10.2. The molecule has 18 heavy (non-hydrogen) atoms.